The lowest BCUT2D eigenvalue weighted by Gasteiger charge is -2.63. The molecule has 7 aliphatic rings. The topological polar surface area (TPSA) is 152 Å². The Kier molecular flexibility index (Phi) is 5.53. The molecule has 10 nitrogen and oxygen atoms in total. The van der Waals surface area contributed by atoms with Crippen LogP contribution in [0.2, 0.25) is 0 Å². The van der Waals surface area contributed by atoms with Crippen molar-refractivity contribution < 1.29 is 49.0 Å². The fourth-order valence-corrected chi connectivity index (χ4v) is 9.57. The van der Waals surface area contributed by atoms with Crippen LogP contribution in [0.4, 0.5) is 0 Å². The predicted molar refractivity (Wildman–Crippen MR) is 133 cm³/mol. The number of allylic oxidation sites excluding steroid dienone is 1. The lowest BCUT2D eigenvalue weighted by atomic mass is 9.43. The second kappa shape index (κ2) is 8.21. The minimum Gasteiger partial charge on any atom is -0.458 e. The molecule has 0 spiro atoms. The van der Waals surface area contributed by atoms with E-state index in [1.165, 1.54) is 6.08 Å². The molecule has 0 bridgehead atoms. The van der Waals surface area contributed by atoms with Gasteiger partial charge < -0.3 is 39.4 Å². The second-order valence-corrected chi connectivity index (χ2v) is 13.4. The summed E-state index contributed by atoms with van der Waals surface area (Å²) in [5, 5.41) is 46.0. The first-order valence-corrected chi connectivity index (χ1v) is 14.2. The normalized spacial score (nSPS) is 56.3. The third-order valence-corrected chi connectivity index (χ3v) is 11.6. The van der Waals surface area contributed by atoms with Crippen LogP contribution in [0.5, 0.6) is 0 Å². The van der Waals surface area contributed by atoms with Gasteiger partial charge in [0.05, 0.1) is 17.8 Å². The molecule has 13 atom stereocenters. The van der Waals surface area contributed by atoms with E-state index in [-0.39, 0.29) is 30.8 Å². The first kappa shape index (κ1) is 26.3. The van der Waals surface area contributed by atoms with Gasteiger partial charge in [0.1, 0.15) is 24.9 Å². The molecule has 214 valence electrons. The largest absolute Gasteiger partial charge is 0.458 e. The molecule has 7 rings (SSSR count). The van der Waals surface area contributed by atoms with Crippen molar-refractivity contribution >= 4 is 11.8 Å². The average Bonchev–Trinajstić information content (AvgIpc) is 3.41. The fourth-order valence-electron chi connectivity index (χ4n) is 9.57. The SMILES string of the molecule is C[C@@H]1C[C@@H](O)[C@]2(O)O[C@@H]3C[C@@]4(C)C(=C[C@H]3O[C@@H]2O1)CC[C@@H]1[C@@H]4C(=O)[C@@H](O)[C@]2(C)[C@@H](C3=CC(=O)OC3)CC[C@]12O. The Bertz CT molecular complexity index is 1180. The third kappa shape index (κ3) is 3.22. The highest BCUT2D eigenvalue weighted by Crippen LogP contribution is 2.68. The van der Waals surface area contributed by atoms with E-state index in [1.807, 2.05) is 13.0 Å². The van der Waals surface area contributed by atoms with Crippen molar-refractivity contribution in [3.8, 4) is 0 Å². The molecule has 3 heterocycles. The summed E-state index contributed by atoms with van der Waals surface area (Å²) in [5.74, 6) is -4.17. The predicted octanol–water partition coefficient (Wildman–Crippen LogP) is 0.892. The van der Waals surface area contributed by atoms with Crippen LogP contribution in [0.1, 0.15) is 59.3 Å². The quantitative estimate of drug-likeness (QED) is 0.276. The number of hydrogen-bond donors (Lipinski definition) is 4. The standard InChI is InChI=1S/C29H38O10/c1-13-8-20(30)29(35)25(37-13)38-18-10-15-4-5-17-22(26(15,2)11-19(18)39-29)23(32)24(33)27(3)16(6-7-28(17,27)34)14-9-21(31)36-12-14/h9-10,13,16-20,22,24-25,30,33-35H,4-8,11-12H2,1-3H3/t13-,16-,17-,18-,19-,20-,22-,24-,25+,26+,27+,28+,29+/m1/s1. The highest BCUT2D eigenvalue weighted by molar-refractivity contribution is 5.90. The van der Waals surface area contributed by atoms with Gasteiger partial charge in [-0.15, -0.1) is 0 Å². The van der Waals surface area contributed by atoms with E-state index in [0.717, 1.165) is 11.1 Å². The molecule has 0 aromatic heterocycles. The van der Waals surface area contributed by atoms with Crippen molar-refractivity contribution in [3.63, 3.8) is 0 Å². The molecular formula is C29H38O10. The highest BCUT2D eigenvalue weighted by Gasteiger charge is 2.74. The molecule has 4 aliphatic carbocycles. The molecule has 3 aliphatic heterocycles. The molecular weight excluding hydrogens is 508 g/mol. The number of Topliss-reactive ketones (excluding diaryl/α,β-unsaturated/α-hetero) is 1. The van der Waals surface area contributed by atoms with Gasteiger partial charge in [0.15, 0.2) is 5.78 Å². The Hall–Kier alpha value is -1.66. The van der Waals surface area contributed by atoms with E-state index in [1.54, 1.807) is 13.8 Å². The minimum atomic E-state index is -2.02. The monoisotopic (exact) mass is 546 g/mol. The van der Waals surface area contributed by atoms with Crippen LogP contribution in [0.25, 0.3) is 0 Å². The second-order valence-electron chi connectivity index (χ2n) is 13.4. The van der Waals surface area contributed by atoms with Crippen LogP contribution in [0.15, 0.2) is 23.3 Å². The summed E-state index contributed by atoms with van der Waals surface area (Å²) in [7, 11) is 0. The van der Waals surface area contributed by atoms with E-state index in [0.29, 0.717) is 32.1 Å². The zero-order chi connectivity index (χ0) is 27.7. The number of hydrogen-bond acceptors (Lipinski definition) is 10. The average molecular weight is 547 g/mol. The molecule has 0 unspecified atom stereocenters. The van der Waals surface area contributed by atoms with Gasteiger partial charge in [0, 0.05) is 29.2 Å². The van der Waals surface area contributed by atoms with E-state index >= 15 is 0 Å². The highest BCUT2D eigenvalue weighted by atomic mass is 16.8. The third-order valence-electron chi connectivity index (χ3n) is 11.6. The van der Waals surface area contributed by atoms with E-state index in [4.69, 9.17) is 18.9 Å². The summed E-state index contributed by atoms with van der Waals surface area (Å²) in [6.45, 7) is 5.69. The number of esters is 1. The number of carbonyl (C=O) groups is 2. The van der Waals surface area contributed by atoms with Gasteiger partial charge in [-0.3, -0.25) is 4.79 Å². The molecule has 5 fully saturated rings. The lowest BCUT2D eigenvalue weighted by Crippen LogP contribution is -2.71. The summed E-state index contributed by atoms with van der Waals surface area (Å²) in [4.78, 5) is 26.0. The smallest absolute Gasteiger partial charge is 0.331 e. The van der Waals surface area contributed by atoms with Crippen molar-refractivity contribution in [2.75, 3.05) is 6.61 Å². The zero-order valence-electron chi connectivity index (χ0n) is 22.5. The molecule has 2 saturated heterocycles. The summed E-state index contributed by atoms with van der Waals surface area (Å²) in [6.07, 6.45) is 0.881. The number of ether oxygens (including phenoxy) is 4. The van der Waals surface area contributed by atoms with Gasteiger partial charge in [0.2, 0.25) is 12.1 Å². The summed E-state index contributed by atoms with van der Waals surface area (Å²) < 4.78 is 23.2. The van der Waals surface area contributed by atoms with E-state index < -0.39 is 70.7 Å². The Morgan fingerprint density at radius 1 is 1.08 bits per heavy atom. The fraction of sp³-hybridized carbons (Fsp3) is 0.793. The number of rotatable bonds is 1. The maximum Gasteiger partial charge on any atom is 0.331 e. The molecule has 39 heavy (non-hydrogen) atoms. The molecule has 10 heteroatoms. The number of cyclic esters (lactones) is 1. The van der Waals surface area contributed by atoms with Crippen LogP contribution in [0, 0.1) is 28.6 Å². The zero-order valence-corrected chi connectivity index (χ0v) is 22.5. The lowest BCUT2D eigenvalue weighted by molar-refractivity contribution is -0.448. The van der Waals surface area contributed by atoms with Gasteiger partial charge in [-0.1, -0.05) is 25.5 Å². The summed E-state index contributed by atoms with van der Waals surface area (Å²) >= 11 is 0. The van der Waals surface area contributed by atoms with Gasteiger partial charge in [-0.2, -0.15) is 0 Å². The molecule has 3 saturated carbocycles. The molecule has 4 N–H and O–H groups in total. The number of fused-ring (bicyclic) bond motifs is 7. The Labute approximate surface area is 226 Å². The Balaban J connectivity index is 1.24. The minimum absolute atomic E-state index is 0.118. The van der Waals surface area contributed by atoms with Gasteiger partial charge in [-0.25, -0.2) is 4.79 Å². The number of ketones is 1. The molecule has 0 aromatic rings. The molecule has 0 amide bonds. The van der Waals surface area contributed by atoms with E-state index in [2.05, 4.69) is 0 Å². The van der Waals surface area contributed by atoms with Crippen LogP contribution < -0.4 is 0 Å². The summed E-state index contributed by atoms with van der Waals surface area (Å²) in [6, 6.07) is 0. The van der Waals surface area contributed by atoms with Crippen LogP contribution in [-0.2, 0) is 28.5 Å². The number of carbonyl (C=O) groups excluding carboxylic acids is 2. The maximum absolute atomic E-state index is 14.2. The van der Waals surface area contributed by atoms with Gasteiger partial charge in [0.25, 0.3) is 0 Å². The van der Waals surface area contributed by atoms with Crippen molar-refractivity contribution in [1.82, 2.24) is 0 Å². The number of aliphatic hydroxyl groups is 4. The first-order chi connectivity index (χ1) is 18.3. The van der Waals surface area contributed by atoms with Crippen molar-refractivity contribution in [1.29, 1.82) is 0 Å². The van der Waals surface area contributed by atoms with Crippen LogP contribution in [0.3, 0.4) is 0 Å². The Morgan fingerprint density at radius 3 is 2.56 bits per heavy atom. The van der Waals surface area contributed by atoms with Gasteiger partial charge in [-0.05, 0) is 56.4 Å². The first-order valence-electron chi connectivity index (χ1n) is 14.2. The van der Waals surface area contributed by atoms with Crippen LogP contribution in [-0.4, -0.2) is 87.0 Å². The van der Waals surface area contributed by atoms with E-state index in [9.17, 15) is 30.0 Å². The Morgan fingerprint density at radius 2 is 1.85 bits per heavy atom. The molecule has 0 aromatic carbocycles. The van der Waals surface area contributed by atoms with Crippen molar-refractivity contribution in [2.45, 2.75) is 107 Å². The number of aliphatic hydroxyl groups excluding tert-OH is 2. The van der Waals surface area contributed by atoms with Gasteiger partial charge >= 0.3 is 5.97 Å². The molecule has 0 radical (unpaired) electrons. The van der Waals surface area contributed by atoms with Crippen LogP contribution >= 0.6 is 0 Å². The maximum atomic E-state index is 14.2. The summed E-state index contributed by atoms with van der Waals surface area (Å²) in [5.41, 5.74) is -1.46. The van der Waals surface area contributed by atoms with Crippen molar-refractivity contribution in [3.05, 3.63) is 23.3 Å². The van der Waals surface area contributed by atoms with Crippen molar-refractivity contribution in [2.24, 2.45) is 28.6 Å².